The first-order valence-electron chi connectivity index (χ1n) is 20.9. The first-order chi connectivity index (χ1) is 30.2. The highest BCUT2D eigenvalue weighted by Crippen LogP contribution is 2.63. The second-order valence-corrected chi connectivity index (χ2v) is 15.9. The van der Waals surface area contributed by atoms with Gasteiger partial charge in [0.1, 0.15) is 0 Å². The number of aromatic nitrogens is 3. The summed E-state index contributed by atoms with van der Waals surface area (Å²) in [6, 6.07) is 80.7. The molecule has 9 aromatic carbocycles. The van der Waals surface area contributed by atoms with Crippen molar-refractivity contribution in [3.63, 3.8) is 0 Å². The van der Waals surface area contributed by atoms with Crippen LogP contribution in [0.4, 0.5) is 0 Å². The molecule has 0 fully saturated rings. The molecular weight excluding hydrogens is 739 g/mol. The Hall–Kier alpha value is -8.01. The van der Waals surface area contributed by atoms with Gasteiger partial charge in [0.2, 0.25) is 0 Å². The average molecular weight is 776 g/mol. The summed E-state index contributed by atoms with van der Waals surface area (Å²) in [5, 5.41) is 0. The molecule has 0 amide bonds. The average Bonchev–Trinajstić information content (AvgIpc) is 3.81. The van der Waals surface area contributed by atoms with Gasteiger partial charge in [-0.05, 0) is 90.0 Å². The standard InChI is InChI=1S/C58H37N3/c1-4-16-38(17-5-1)39-28-30-40(31-29-39)48-36-50-47-24-12-15-27-53(47)58(51-25-13-10-22-45(51)46-23-11-14-26-52(46)58)54(50)37-49(48)41-32-34-44(35-33-41)57-60-55(42-18-6-2-7-19-42)59-56(61-57)43-20-8-3-9-21-43/h1-37H. The van der Waals surface area contributed by atoms with Crippen molar-refractivity contribution >= 4 is 0 Å². The molecule has 0 bridgehead atoms. The number of nitrogens with zero attached hydrogens (tertiary/aromatic N) is 3. The molecule has 1 heterocycles. The third-order valence-electron chi connectivity index (χ3n) is 12.6. The molecule has 0 saturated heterocycles. The molecule has 1 spiro atoms. The zero-order valence-corrected chi connectivity index (χ0v) is 33.2. The summed E-state index contributed by atoms with van der Waals surface area (Å²) < 4.78 is 0. The highest BCUT2D eigenvalue weighted by molar-refractivity contribution is 5.99. The lowest BCUT2D eigenvalue weighted by molar-refractivity contribution is 0.794. The van der Waals surface area contributed by atoms with Crippen LogP contribution in [0.25, 0.3) is 89.8 Å². The van der Waals surface area contributed by atoms with E-state index >= 15 is 0 Å². The van der Waals surface area contributed by atoms with Crippen molar-refractivity contribution in [2.45, 2.75) is 5.41 Å². The van der Waals surface area contributed by atoms with Crippen LogP contribution in [-0.4, -0.2) is 15.0 Å². The molecule has 0 unspecified atom stereocenters. The minimum atomic E-state index is -0.448. The van der Waals surface area contributed by atoms with Crippen molar-refractivity contribution in [1.29, 1.82) is 0 Å². The summed E-state index contributed by atoms with van der Waals surface area (Å²) in [4.78, 5) is 15.0. The Morgan fingerprint density at radius 3 is 0.984 bits per heavy atom. The smallest absolute Gasteiger partial charge is 0.164 e. The van der Waals surface area contributed by atoms with E-state index in [9.17, 15) is 0 Å². The van der Waals surface area contributed by atoms with Crippen molar-refractivity contribution < 1.29 is 0 Å². The van der Waals surface area contributed by atoms with Crippen LogP contribution in [0.1, 0.15) is 22.3 Å². The fourth-order valence-electron chi connectivity index (χ4n) is 9.83. The predicted octanol–water partition coefficient (Wildman–Crippen LogP) is 14.2. The van der Waals surface area contributed by atoms with Crippen LogP contribution in [0.3, 0.4) is 0 Å². The van der Waals surface area contributed by atoms with E-state index in [1.165, 1.54) is 72.3 Å². The first kappa shape index (κ1) is 35.0. The topological polar surface area (TPSA) is 38.7 Å². The van der Waals surface area contributed by atoms with E-state index in [1.54, 1.807) is 0 Å². The third kappa shape index (κ3) is 5.55. The number of rotatable bonds is 6. The Morgan fingerprint density at radius 2 is 0.525 bits per heavy atom. The number of hydrogen-bond acceptors (Lipinski definition) is 3. The van der Waals surface area contributed by atoms with Crippen molar-refractivity contribution in [3.8, 4) is 89.8 Å². The Morgan fingerprint density at radius 1 is 0.213 bits per heavy atom. The van der Waals surface area contributed by atoms with Gasteiger partial charge in [0, 0.05) is 16.7 Å². The largest absolute Gasteiger partial charge is 0.208 e. The molecule has 2 aliphatic rings. The van der Waals surface area contributed by atoms with Crippen LogP contribution in [0.2, 0.25) is 0 Å². The van der Waals surface area contributed by atoms with E-state index in [-0.39, 0.29) is 0 Å². The van der Waals surface area contributed by atoms with E-state index in [4.69, 9.17) is 15.0 Å². The molecule has 0 atom stereocenters. The fraction of sp³-hybridized carbons (Fsp3) is 0.0172. The zero-order valence-electron chi connectivity index (χ0n) is 33.2. The van der Waals surface area contributed by atoms with Gasteiger partial charge in [-0.25, -0.2) is 15.0 Å². The predicted molar refractivity (Wildman–Crippen MR) is 249 cm³/mol. The maximum absolute atomic E-state index is 5.04. The van der Waals surface area contributed by atoms with Gasteiger partial charge in [0.15, 0.2) is 17.5 Å². The van der Waals surface area contributed by atoms with Gasteiger partial charge in [-0.15, -0.1) is 0 Å². The summed E-state index contributed by atoms with van der Waals surface area (Å²) in [6.45, 7) is 0. The molecule has 0 saturated carbocycles. The van der Waals surface area contributed by atoms with Crippen LogP contribution < -0.4 is 0 Å². The lowest BCUT2D eigenvalue weighted by Crippen LogP contribution is -2.25. The summed E-state index contributed by atoms with van der Waals surface area (Å²) in [7, 11) is 0. The quantitative estimate of drug-likeness (QED) is 0.169. The van der Waals surface area contributed by atoms with Crippen LogP contribution in [-0.2, 0) is 5.41 Å². The van der Waals surface area contributed by atoms with E-state index in [1.807, 2.05) is 60.7 Å². The van der Waals surface area contributed by atoms with E-state index in [2.05, 4.69) is 164 Å². The third-order valence-corrected chi connectivity index (χ3v) is 12.6. The second kappa shape index (κ2) is 14.1. The van der Waals surface area contributed by atoms with Gasteiger partial charge >= 0.3 is 0 Å². The van der Waals surface area contributed by atoms with Crippen molar-refractivity contribution in [1.82, 2.24) is 15.0 Å². The van der Waals surface area contributed by atoms with Crippen LogP contribution >= 0.6 is 0 Å². The van der Waals surface area contributed by atoms with Gasteiger partial charge < -0.3 is 0 Å². The SMILES string of the molecule is c1ccc(-c2ccc(-c3cc4c(cc3-c3ccc(-c5nc(-c6ccccc6)nc(-c6ccccc6)n5)cc3)C3(c5ccccc5-c5ccccc53)c3ccccc3-4)cc2)cc1. The molecule has 3 heteroatoms. The highest BCUT2D eigenvalue weighted by Gasteiger charge is 2.51. The number of fused-ring (bicyclic) bond motifs is 10. The molecule has 61 heavy (non-hydrogen) atoms. The normalized spacial score (nSPS) is 12.7. The summed E-state index contributed by atoms with van der Waals surface area (Å²) in [6.07, 6.45) is 0. The van der Waals surface area contributed by atoms with Crippen LogP contribution in [0.5, 0.6) is 0 Å². The van der Waals surface area contributed by atoms with Gasteiger partial charge in [0.25, 0.3) is 0 Å². The van der Waals surface area contributed by atoms with Crippen LogP contribution in [0.15, 0.2) is 224 Å². The number of benzene rings is 9. The fourth-order valence-corrected chi connectivity index (χ4v) is 9.83. The van der Waals surface area contributed by atoms with E-state index < -0.39 is 5.41 Å². The molecule has 1 aromatic heterocycles. The van der Waals surface area contributed by atoms with Crippen molar-refractivity contribution in [2.75, 3.05) is 0 Å². The molecular formula is C58H37N3. The summed E-state index contributed by atoms with van der Waals surface area (Å²) in [5.41, 5.74) is 19.9. The van der Waals surface area contributed by atoms with Gasteiger partial charge in [-0.3, -0.25) is 0 Å². The molecule has 12 rings (SSSR count). The zero-order chi connectivity index (χ0) is 40.3. The van der Waals surface area contributed by atoms with E-state index in [0.717, 1.165) is 22.3 Å². The second-order valence-electron chi connectivity index (χ2n) is 15.9. The van der Waals surface area contributed by atoms with Gasteiger partial charge in [-0.1, -0.05) is 212 Å². The monoisotopic (exact) mass is 775 g/mol. The summed E-state index contributed by atoms with van der Waals surface area (Å²) in [5.74, 6) is 1.93. The lowest BCUT2D eigenvalue weighted by Gasteiger charge is -2.31. The maximum Gasteiger partial charge on any atom is 0.164 e. The van der Waals surface area contributed by atoms with Crippen LogP contribution in [0, 0.1) is 0 Å². The first-order valence-corrected chi connectivity index (χ1v) is 20.9. The minimum Gasteiger partial charge on any atom is -0.208 e. The Bertz CT molecular complexity index is 3160. The van der Waals surface area contributed by atoms with Gasteiger partial charge in [0.05, 0.1) is 5.41 Å². The molecule has 2 aliphatic carbocycles. The van der Waals surface area contributed by atoms with E-state index in [0.29, 0.717) is 17.5 Å². The minimum absolute atomic E-state index is 0.448. The Balaban J connectivity index is 1.06. The molecule has 0 radical (unpaired) electrons. The lowest BCUT2D eigenvalue weighted by atomic mass is 9.70. The number of hydrogen-bond donors (Lipinski definition) is 0. The summed E-state index contributed by atoms with van der Waals surface area (Å²) >= 11 is 0. The highest BCUT2D eigenvalue weighted by atomic mass is 15.0. The molecule has 0 N–H and O–H groups in total. The van der Waals surface area contributed by atoms with Crippen molar-refractivity contribution in [2.24, 2.45) is 0 Å². The molecule has 10 aromatic rings. The molecule has 3 nitrogen and oxygen atoms in total. The Labute approximate surface area is 355 Å². The maximum atomic E-state index is 5.04. The van der Waals surface area contributed by atoms with Crippen molar-refractivity contribution in [3.05, 3.63) is 247 Å². The molecule has 0 aliphatic heterocycles. The molecule has 284 valence electrons. The van der Waals surface area contributed by atoms with Gasteiger partial charge in [-0.2, -0.15) is 0 Å². The Kier molecular flexibility index (Phi) is 8.07.